The van der Waals surface area contributed by atoms with Crippen LogP contribution in [0.3, 0.4) is 0 Å². The van der Waals surface area contributed by atoms with E-state index < -0.39 is 0 Å². The van der Waals surface area contributed by atoms with Crippen molar-refractivity contribution in [2.75, 3.05) is 5.88 Å². The third-order valence-corrected chi connectivity index (χ3v) is 6.87. The Bertz CT molecular complexity index is 1860. The van der Waals surface area contributed by atoms with Crippen LogP contribution in [0.15, 0.2) is 98.1 Å². The molecule has 4 aromatic heterocycles. The van der Waals surface area contributed by atoms with Gasteiger partial charge in [0.05, 0.1) is 17.0 Å². The Hall–Kier alpha value is -4.59. The average molecular weight is 735 g/mol. The highest BCUT2D eigenvalue weighted by Gasteiger charge is 2.14. The Balaban J connectivity index is 0.000000187. The number of pyridine rings is 2. The molecule has 0 spiro atoms. The smallest absolute Gasteiger partial charge is 0.220 e. The number of Topliss-reactive ketones (excluding diaryl/α,β-unsaturated/α-hetero) is 2. The normalized spacial score (nSPS) is 10.1. The molecule has 0 unspecified atom stereocenters. The van der Waals surface area contributed by atoms with Crippen LogP contribution in [0.2, 0.25) is 20.4 Å². The van der Waals surface area contributed by atoms with Gasteiger partial charge in [0.1, 0.15) is 53.7 Å². The molecule has 0 saturated carbocycles. The number of halogens is 5. The molecule has 0 atom stereocenters. The van der Waals surface area contributed by atoms with Gasteiger partial charge in [-0.05, 0) is 60.7 Å². The van der Waals surface area contributed by atoms with E-state index >= 15 is 0 Å². The van der Waals surface area contributed by atoms with Crippen LogP contribution >= 0.6 is 58.0 Å². The Kier molecular flexibility index (Phi) is 13.5. The molecule has 0 amide bonds. The number of alkyl halides is 1. The Labute approximate surface area is 292 Å². The lowest BCUT2D eigenvalue weighted by molar-refractivity contribution is 0.0966. The Morgan fingerprint density at radius 1 is 0.681 bits per heavy atom. The van der Waals surface area contributed by atoms with Crippen molar-refractivity contribution in [2.24, 2.45) is 0 Å². The first-order valence-corrected chi connectivity index (χ1v) is 15.2. The molecule has 0 saturated heterocycles. The van der Waals surface area contributed by atoms with E-state index in [9.17, 15) is 9.59 Å². The number of benzene rings is 2. The van der Waals surface area contributed by atoms with Crippen molar-refractivity contribution in [3.05, 3.63) is 130 Å². The van der Waals surface area contributed by atoms with Crippen molar-refractivity contribution >= 4 is 69.6 Å². The molecule has 47 heavy (non-hydrogen) atoms. The fourth-order valence-corrected chi connectivity index (χ4v) is 4.30. The van der Waals surface area contributed by atoms with Gasteiger partial charge in [-0.15, -0.1) is 11.6 Å². The minimum atomic E-state index is -0.280. The largest absolute Gasteiger partial charge is 0.439 e. The van der Waals surface area contributed by atoms with Gasteiger partial charge in [0.25, 0.3) is 0 Å². The maximum absolute atomic E-state index is 12.2. The summed E-state index contributed by atoms with van der Waals surface area (Å²) in [4.78, 5) is 39.0. The predicted octanol–water partition coefficient (Wildman–Crippen LogP) is 8.06. The number of carbonyl (C=O) groups excluding carboxylic acids is 2. The predicted molar refractivity (Wildman–Crippen MR) is 177 cm³/mol. The van der Waals surface area contributed by atoms with E-state index in [2.05, 4.69) is 35.2 Å². The second-order valence-corrected chi connectivity index (χ2v) is 10.7. The lowest BCUT2D eigenvalue weighted by atomic mass is 10.2. The molecule has 0 aliphatic carbocycles. The monoisotopic (exact) mass is 732 g/mol. The number of hydrogen-bond donors (Lipinski definition) is 1. The molecular weight excluding hydrogens is 714 g/mol. The van der Waals surface area contributed by atoms with Crippen LogP contribution in [0, 0.1) is 0 Å². The summed E-state index contributed by atoms with van der Waals surface area (Å²) in [5, 5.41) is 11.2. The van der Waals surface area contributed by atoms with E-state index in [1.807, 2.05) is 0 Å². The molecule has 0 radical (unpaired) electrons. The zero-order chi connectivity index (χ0) is 33.6. The first kappa shape index (κ1) is 35.3. The molecule has 240 valence electrons. The second-order valence-electron chi connectivity index (χ2n) is 8.81. The number of H-pyrrole nitrogens is 1. The van der Waals surface area contributed by atoms with Crippen LogP contribution in [0.1, 0.15) is 20.7 Å². The van der Waals surface area contributed by atoms with Crippen molar-refractivity contribution in [3.63, 3.8) is 0 Å². The van der Waals surface area contributed by atoms with E-state index in [0.717, 1.165) is 0 Å². The molecule has 6 aromatic rings. The molecule has 2 aromatic carbocycles. The van der Waals surface area contributed by atoms with Crippen LogP contribution < -0.4 is 9.47 Å². The van der Waals surface area contributed by atoms with E-state index in [4.69, 9.17) is 67.5 Å². The lowest BCUT2D eigenvalue weighted by Gasteiger charge is -2.07. The molecule has 0 bridgehead atoms. The van der Waals surface area contributed by atoms with Gasteiger partial charge >= 0.3 is 0 Å². The summed E-state index contributed by atoms with van der Waals surface area (Å²) in [6.45, 7) is 0.0405. The van der Waals surface area contributed by atoms with Gasteiger partial charge in [-0.25, -0.2) is 24.6 Å². The summed E-state index contributed by atoms with van der Waals surface area (Å²) in [7, 11) is 0. The standard InChI is InChI=1S/C15H10Cl2N4O2.C13H8Cl3NO2.C2H3N3/c16-10-1-3-11(4-2-10)23-14-6-5-12(15(17)20-14)13(22)7-21-9-18-8-19-21;14-7-11(18)10-5-6-12(17-13(10)16)19-9-3-1-8(15)2-4-9;1-3-2-5-4-1/h1-6,8-9H,7H2;1-6H,7H2;1-2H,(H,3,4,5). The lowest BCUT2D eigenvalue weighted by Crippen LogP contribution is -2.12. The fourth-order valence-electron chi connectivity index (χ4n) is 3.40. The number of nitrogens with zero attached hydrogens (tertiary/aromatic N) is 7. The zero-order valence-corrected chi connectivity index (χ0v) is 27.6. The Morgan fingerprint density at radius 2 is 1.21 bits per heavy atom. The van der Waals surface area contributed by atoms with Crippen LogP contribution in [0.25, 0.3) is 0 Å². The molecule has 6 rings (SSSR count). The number of aromatic amines is 1. The molecule has 0 aliphatic rings. The highest BCUT2D eigenvalue weighted by molar-refractivity contribution is 6.36. The van der Waals surface area contributed by atoms with Gasteiger partial charge in [0.15, 0.2) is 11.6 Å². The topological polar surface area (TPSA) is 151 Å². The van der Waals surface area contributed by atoms with Gasteiger partial charge in [-0.2, -0.15) is 10.2 Å². The SMILES string of the molecule is O=C(CCl)c1ccc(Oc2ccc(Cl)cc2)nc1Cl.O=C(Cn1cncn1)c1ccc(Oc2ccc(Cl)cc2)nc1Cl.c1nc[nH]n1. The number of ether oxygens (including phenoxy) is 2. The van der Waals surface area contributed by atoms with Crippen LogP contribution in [0.4, 0.5) is 0 Å². The quantitative estimate of drug-likeness (QED) is 0.0878. The molecule has 0 aliphatic heterocycles. The minimum Gasteiger partial charge on any atom is -0.439 e. The van der Waals surface area contributed by atoms with Crippen molar-refractivity contribution in [2.45, 2.75) is 6.54 Å². The van der Waals surface area contributed by atoms with Crippen LogP contribution in [-0.4, -0.2) is 57.4 Å². The third-order valence-electron chi connectivity index (χ3n) is 5.54. The zero-order valence-electron chi connectivity index (χ0n) is 23.8. The number of ketones is 2. The van der Waals surface area contributed by atoms with Crippen molar-refractivity contribution in [3.8, 4) is 23.3 Å². The minimum absolute atomic E-state index is 0.0405. The Morgan fingerprint density at radius 3 is 1.60 bits per heavy atom. The summed E-state index contributed by atoms with van der Waals surface area (Å²) < 4.78 is 12.5. The molecule has 4 heterocycles. The third kappa shape index (κ3) is 11.3. The molecule has 1 N–H and O–H groups in total. The van der Waals surface area contributed by atoms with Crippen LogP contribution in [0.5, 0.6) is 23.3 Å². The summed E-state index contributed by atoms with van der Waals surface area (Å²) in [5.41, 5.74) is 0.575. The van der Waals surface area contributed by atoms with Crippen molar-refractivity contribution in [1.82, 2.24) is 39.9 Å². The molecule has 17 heteroatoms. The summed E-state index contributed by atoms with van der Waals surface area (Å²) in [6.07, 6.45) is 5.77. The van der Waals surface area contributed by atoms with Gasteiger partial charge in [-0.1, -0.05) is 46.4 Å². The highest BCUT2D eigenvalue weighted by atomic mass is 35.5. The van der Waals surface area contributed by atoms with Gasteiger partial charge in [0.2, 0.25) is 11.8 Å². The maximum Gasteiger partial charge on any atom is 0.220 e. The van der Waals surface area contributed by atoms with E-state index in [1.54, 1.807) is 66.7 Å². The van der Waals surface area contributed by atoms with Gasteiger partial charge in [0, 0.05) is 22.2 Å². The highest BCUT2D eigenvalue weighted by Crippen LogP contribution is 2.26. The summed E-state index contributed by atoms with van der Waals surface area (Å²) in [5.74, 6) is 1.08. The average Bonchev–Trinajstić information content (AvgIpc) is 3.82. The van der Waals surface area contributed by atoms with Crippen LogP contribution in [-0.2, 0) is 6.54 Å². The van der Waals surface area contributed by atoms with Gasteiger partial charge < -0.3 is 9.47 Å². The maximum atomic E-state index is 12.2. The summed E-state index contributed by atoms with van der Waals surface area (Å²) in [6, 6.07) is 19.9. The second kappa shape index (κ2) is 17.9. The van der Waals surface area contributed by atoms with E-state index in [0.29, 0.717) is 33.0 Å². The first-order chi connectivity index (χ1) is 22.7. The van der Waals surface area contributed by atoms with Gasteiger partial charge in [-0.3, -0.25) is 14.7 Å². The number of nitrogens with one attached hydrogen (secondary N) is 1. The number of carbonyl (C=O) groups is 2. The first-order valence-electron chi connectivity index (χ1n) is 13.1. The number of rotatable bonds is 9. The van der Waals surface area contributed by atoms with Crippen molar-refractivity contribution in [1.29, 1.82) is 0 Å². The van der Waals surface area contributed by atoms with E-state index in [-0.39, 0.29) is 45.7 Å². The number of aromatic nitrogens is 8. The number of hydrogen-bond acceptors (Lipinski definition) is 10. The fraction of sp³-hybridized carbons (Fsp3) is 0.0667. The molecule has 0 fully saturated rings. The van der Waals surface area contributed by atoms with Crippen molar-refractivity contribution < 1.29 is 19.1 Å². The summed E-state index contributed by atoms with van der Waals surface area (Å²) >= 11 is 29.0. The van der Waals surface area contributed by atoms with E-state index in [1.165, 1.54) is 36.1 Å². The molecule has 12 nitrogen and oxygen atoms in total. The molecular formula is C30H21Cl5N8O4.